The van der Waals surface area contributed by atoms with E-state index in [2.05, 4.69) is 46.0 Å². The zero-order valence-electron chi connectivity index (χ0n) is 13.3. The lowest BCUT2D eigenvalue weighted by atomic mass is 10.0. The fourth-order valence-electron chi connectivity index (χ4n) is 2.72. The molecular weight excluding hydrogens is 286 g/mol. The Morgan fingerprint density at radius 3 is 2.71 bits per heavy atom. The zero-order chi connectivity index (χ0) is 15.2. The number of hydrogen-bond donors (Lipinski definition) is 1. The molecular formula is C15H26ClN5. The lowest BCUT2D eigenvalue weighted by Crippen LogP contribution is -2.43. The molecule has 1 fully saturated rings. The van der Waals surface area contributed by atoms with Gasteiger partial charge in [0.2, 0.25) is 5.95 Å². The molecule has 0 aliphatic carbocycles. The van der Waals surface area contributed by atoms with Crippen molar-refractivity contribution in [1.82, 2.24) is 14.9 Å². The number of halogens is 1. The third-order valence-electron chi connectivity index (χ3n) is 4.14. The van der Waals surface area contributed by atoms with Gasteiger partial charge in [0.05, 0.1) is 6.20 Å². The van der Waals surface area contributed by atoms with Crippen LogP contribution in [0, 0.1) is 0 Å². The Kier molecular flexibility index (Phi) is 6.06. The minimum Gasteiger partial charge on any atom is -0.355 e. The van der Waals surface area contributed by atoms with E-state index in [1.54, 1.807) is 6.20 Å². The Bertz CT molecular complexity index is 446. The Morgan fingerprint density at radius 1 is 1.38 bits per heavy atom. The van der Waals surface area contributed by atoms with Crippen LogP contribution in [0.25, 0.3) is 0 Å². The number of likely N-dealkylation sites (tertiary alicyclic amines) is 1. The summed E-state index contributed by atoms with van der Waals surface area (Å²) in [5.41, 5.74) is 0. The highest BCUT2D eigenvalue weighted by molar-refractivity contribution is 6.32. The second-order valence-corrected chi connectivity index (χ2v) is 5.98. The van der Waals surface area contributed by atoms with Crippen LogP contribution in [-0.4, -0.2) is 54.1 Å². The minimum atomic E-state index is 0.499. The summed E-state index contributed by atoms with van der Waals surface area (Å²) >= 11 is 6.30. The molecule has 0 bridgehead atoms. The molecule has 0 unspecified atom stereocenters. The van der Waals surface area contributed by atoms with Crippen LogP contribution in [0.3, 0.4) is 0 Å². The zero-order valence-corrected chi connectivity index (χ0v) is 14.0. The lowest BCUT2D eigenvalue weighted by molar-refractivity contribution is 0.220. The van der Waals surface area contributed by atoms with Crippen molar-refractivity contribution >= 4 is 23.4 Å². The highest BCUT2D eigenvalue weighted by atomic mass is 35.5. The Hall–Kier alpha value is -1.07. The topological polar surface area (TPSA) is 44.3 Å². The maximum Gasteiger partial charge on any atom is 0.224 e. The van der Waals surface area contributed by atoms with Gasteiger partial charge in [-0.25, -0.2) is 4.98 Å². The number of nitrogens with one attached hydrogen (secondary N) is 1. The molecule has 118 valence electrons. The monoisotopic (exact) mass is 311 g/mol. The fourth-order valence-corrected chi connectivity index (χ4v) is 2.95. The SMILES string of the molecule is CCCNc1ncc(Cl)c(N(C)C2CCN(CC)CC2)n1. The molecule has 0 amide bonds. The van der Waals surface area contributed by atoms with Crippen LogP contribution in [0.5, 0.6) is 0 Å². The molecule has 0 aromatic carbocycles. The van der Waals surface area contributed by atoms with Gasteiger partial charge < -0.3 is 15.1 Å². The Labute approximate surface area is 132 Å². The maximum atomic E-state index is 6.30. The van der Waals surface area contributed by atoms with Crippen LogP contribution >= 0.6 is 11.6 Å². The van der Waals surface area contributed by atoms with Gasteiger partial charge in [0.25, 0.3) is 0 Å². The van der Waals surface area contributed by atoms with E-state index in [1.807, 2.05) is 0 Å². The molecule has 5 nitrogen and oxygen atoms in total. The number of aromatic nitrogens is 2. The Morgan fingerprint density at radius 2 is 2.10 bits per heavy atom. The second kappa shape index (κ2) is 7.80. The van der Waals surface area contributed by atoms with Crippen molar-refractivity contribution < 1.29 is 0 Å². The van der Waals surface area contributed by atoms with E-state index >= 15 is 0 Å². The molecule has 1 N–H and O–H groups in total. The molecule has 0 radical (unpaired) electrons. The van der Waals surface area contributed by atoms with E-state index < -0.39 is 0 Å². The summed E-state index contributed by atoms with van der Waals surface area (Å²) in [7, 11) is 2.09. The van der Waals surface area contributed by atoms with E-state index in [4.69, 9.17) is 11.6 Å². The van der Waals surface area contributed by atoms with Crippen LogP contribution in [0.1, 0.15) is 33.1 Å². The third kappa shape index (κ3) is 4.20. The molecule has 2 rings (SSSR count). The summed E-state index contributed by atoms with van der Waals surface area (Å²) in [5.74, 6) is 1.49. The predicted octanol–water partition coefficient (Wildman–Crippen LogP) is 2.87. The van der Waals surface area contributed by atoms with Crippen LogP contribution < -0.4 is 10.2 Å². The van der Waals surface area contributed by atoms with Gasteiger partial charge in [-0.1, -0.05) is 25.4 Å². The maximum absolute atomic E-state index is 6.30. The Balaban J connectivity index is 2.05. The number of piperidine rings is 1. The molecule has 1 aliphatic heterocycles. The van der Waals surface area contributed by atoms with Crippen molar-refractivity contribution in [2.24, 2.45) is 0 Å². The molecule has 21 heavy (non-hydrogen) atoms. The first kappa shape index (κ1) is 16.3. The second-order valence-electron chi connectivity index (χ2n) is 5.57. The highest BCUT2D eigenvalue weighted by Gasteiger charge is 2.24. The first-order valence-electron chi connectivity index (χ1n) is 7.87. The molecule has 1 saturated heterocycles. The van der Waals surface area contributed by atoms with Gasteiger partial charge in [-0.15, -0.1) is 0 Å². The molecule has 0 atom stereocenters. The van der Waals surface area contributed by atoms with Gasteiger partial charge in [-0.2, -0.15) is 4.98 Å². The van der Waals surface area contributed by atoms with Crippen LogP contribution in [0.2, 0.25) is 5.02 Å². The summed E-state index contributed by atoms with van der Waals surface area (Å²) in [6, 6.07) is 0.499. The summed E-state index contributed by atoms with van der Waals surface area (Å²) in [4.78, 5) is 13.5. The van der Waals surface area contributed by atoms with E-state index in [9.17, 15) is 0 Å². The minimum absolute atomic E-state index is 0.499. The third-order valence-corrected chi connectivity index (χ3v) is 4.41. The molecule has 1 aromatic heterocycles. The van der Waals surface area contributed by atoms with Crippen molar-refractivity contribution in [3.63, 3.8) is 0 Å². The van der Waals surface area contributed by atoms with Gasteiger partial charge in [0.1, 0.15) is 5.02 Å². The molecule has 1 aliphatic rings. The average Bonchev–Trinajstić information content (AvgIpc) is 2.53. The summed E-state index contributed by atoms with van der Waals surface area (Å²) < 4.78 is 0. The number of rotatable bonds is 6. The molecule has 1 aromatic rings. The first-order chi connectivity index (χ1) is 10.2. The van der Waals surface area contributed by atoms with Gasteiger partial charge >= 0.3 is 0 Å². The predicted molar refractivity (Wildman–Crippen MR) is 89.4 cm³/mol. The van der Waals surface area contributed by atoms with E-state index in [-0.39, 0.29) is 0 Å². The standard InChI is InChI=1S/C15H26ClN5/c1-4-8-17-15-18-11-13(16)14(19-15)20(3)12-6-9-21(5-2)10-7-12/h11-12H,4-10H2,1-3H3,(H,17,18,19). The highest BCUT2D eigenvalue weighted by Crippen LogP contribution is 2.27. The van der Waals surface area contributed by atoms with Crippen LogP contribution in [0.4, 0.5) is 11.8 Å². The lowest BCUT2D eigenvalue weighted by Gasteiger charge is -2.37. The number of anilines is 2. The van der Waals surface area contributed by atoms with Gasteiger partial charge in [-0.05, 0) is 25.8 Å². The fraction of sp³-hybridized carbons (Fsp3) is 0.733. The van der Waals surface area contributed by atoms with Gasteiger partial charge in [-0.3, -0.25) is 0 Å². The number of nitrogens with zero attached hydrogens (tertiary/aromatic N) is 4. The summed E-state index contributed by atoms with van der Waals surface area (Å²) in [5, 5.41) is 3.84. The van der Waals surface area contributed by atoms with Crippen LogP contribution in [-0.2, 0) is 0 Å². The van der Waals surface area contributed by atoms with Crippen molar-refractivity contribution in [3.8, 4) is 0 Å². The van der Waals surface area contributed by atoms with Gasteiger partial charge in [0.15, 0.2) is 5.82 Å². The van der Waals surface area contributed by atoms with E-state index in [1.165, 1.54) is 0 Å². The average molecular weight is 312 g/mol. The molecule has 0 spiro atoms. The van der Waals surface area contributed by atoms with Crippen molar-refractivity contribution in [3.05, 3.63) is 11.2 Å². The van der Waals surface area contributed by atoms with Crippen molar-refractivity contribution in [2.45, 2.75) is 39.2 Å². The molecule has 0 saturated carbocycles. The smallest absolute Gasteiger partial charge is 0.224 e. The van der Waals surface area contributed by atoms with Crippen LogP contribution in [0.15, 0.2) is 6.20 Å². The molecule has 6 heteroatoms. The quantitative estimate of drug-likeness (QED) is 0.875. The van der Waals surface area contributed by atoms with Gasteiger partial charge in [0, 0.05) is 32.7 Å². The number of hydrogen-bond acceptors (Lipinski definition) is 5. The normalized spacial score (nSPS) is 17.0. The van der Waals surface area contributed by atoms with E-state index in [0.717, 1.165) is 51.3 Å². The summed E-state index contributed by atoms with van der Waals surface area (Å²) in [6.45, 7) is 8.65. The van der Waals surface area contributed by atoms with Crippen molar-refractivity contribution in [1.29, 1.82) is 0 Å². The van der Waals surface area contributed by atoms with Crippen molar-refractivity contribution in [2.75, 3.05) is 43.4 Å². The summed E-state index contributed by atoms with van der Waals surface area (Å²) in [6.07, 6.45) is 5.05. The largest absolute Gasteiger partial charge is 0.355 e. The first-order valence-corrected chi connectivity index (χ1v) is 8.25. The molecule has 2 heterocycles. The van der Waals surface area contributed by atoms with E-state index in [0.29, 0.717) is 17.0 Å².